The molecular formula is C12H18BrClN2. The van der Waals surface area contributed by atoms with Gasteiger partial charge in [-0.1, -0.05) is 13.3 Å². The van der Waals surface area contributed by atoms with E-state index in [1.54, 1.807) is 6.20 Å². The minimum Gasteiger partial charge on any atom is -0.312 e. The highest BCUT2D eigenvalue weighted by atomic mass is 79.9. The van der Waals surface area contributed by atoms with Crippen LogP contribution in [-0.2, 0) is 6.54 Å². The normalized spacial score (nSPS) is 12.7. The van der Waals surface area contributed by atoms with E-state index in [1.165, 1.54) is 12.0 Å². The fraction of sp³-hybridized carbons (Fsp3) is 0.583. The second kappa shape index (κ2) is 8.04. The smallest absolute Gasteiger partial charge is 0.0410 e. The molecule has 0 bridgehead atoms. The van der Waals surface area contributed by atoms with E-state index in [1.807, 2.05) is 6.20 Å². The molecule has 0 aliphatic carbocycles. The van der Waals surface area contributed by atoms with Gasteiger partial charge in [-0.25, -0.2) is 0 Å². The number of aromatic nitrogens is 1. The summed E-state index contributed by atoms with van der Waals surface area (Å²) in [6, 6.07) is 2.09. The highest BCUT2D eigenvalue weighted by molar-refractivity contribution is 9.10. The average molecular weight is 306 g/mol. The molecule has 0 saturated heterocycles. The van der Waals surface area contributed by atoms with Crippen LogP contribution in [0.15, 0.2) is 22.9 Å². The molecule has 0 fully saturated rings. The van der Waals surface area contributed by atoms with Gasteiger partial charge in [-0.2, -0.15) is 0 Å². The first-order valence-corrected chi connectivity index (χ1v) is 6.95. The van der Waals surface area contributed by atoms with E-state index in [0.29, 0.717) is 5.92 Å². The van der Waals surface area contributed by atoms with Gasteiger partial charge in [0.2, 0.25) is 0 Å². The van der Waals surface area contributed by atoms with Gasteiger partial charge in [0.15, 0.2) is 0 Å². The summed E-state index contributed by atoms with van der Waals surface area (Å²) in [5.41, 5.74) is 1.20. The van der Waals surface area contributed by atoms with Crippen molar-refractivity contribution in [1.29, 1.82) is 0 Å². The van der Waals surface area contributed by atoms with E-state index in [9.17, 15) is 0 Å². The summed E-state index contributed by atoms with van der Waals surface area (Å²) in [4.78, 5) is 4.13. The lowest BCUT2D eigenvalue weighted by Gasteiger charge is -2.14. The Morgan fingerprint density at radius 2 is 2.31 bits per heavy atom. The number of alkyl halides is 1. The van der Waals surface area contributed by atoms with E-state index >= 15 is 0 Å². The zero-order valence-electron chi connectivity index (χ0n) is 9.55. The van der Waals surface area contributed by atoms with Gasteiger partial charge in [-0.15, -0.1) is 11.6 Å². The molecule has 2 nitrogen and oxygen atoms in total. The molecule has 0 aliphatic heterocycles. The molecule has 0 spiro atoms. The van der Waals surface area contributed by atoms with E-state index in [2.05, 4.69) is 39.2 Å². The van der Waals surface area contributed by atoms with Crippen LogP contribution in [0.1, 0.15) is 25.3 Å². The quantitative estimate of drug-likeness (QED) is 0.779. The SMILES string of the molecule is CCC(CCCl)CNCc1cncc(Br)c1. The van der Waals surface area contributed by atoms with Crippen LogP contribution in [0.5, 0.6) is 0 Å². The van der Waals surface area contributed by atoms with Crippen molar-refractivity contribution in [3.05, 3.63) is 28.5 Å². The fourth-order valence-corrected chi connectivity index (χ4v) is 2.30. The molecule has 0 aromatic carbocycles. The first-order chi connectivity index (χ1) is 7.76. The summed E-state index contributed by atoms with van der Waals surface area (Å²) in [5, 5.41) is 3.45. The number of hydrogen-bond acceptors (Lipinski definition) is 2. The van der Waals surface area contributed by atoms with Crippen molar-refractivity contribution in [3.8, 4) is 0 Å². The first kappa shape index (κ1) is 13.9. The molecule has 16 heavy (non-hydrogen) atoms. The number of halogens is 2. The Hall–Kier alpha value is -0.120. The van der Waals surface area contributed by atoms with Gasteiger partial charge in [0.25, 0.3) is 0 Å². The standard InChI is InChI=1S/C12H18BrClN2/c1-2-10(3-4-14)6-15-7-11-5-12(13)9-16-8-11/h5,8-10,15H,2-4,6-7H2,1H3. The molecule has 1 aromatic heterocycles. The Balaban J connectivity index is 2.29. The number of pyridine rings is 1. The molecule has 1 unspecified atom stereocenters. The van der Waals surface area contributed by atoms with Crippen LogP contribution in [0.4, 0.5) is 0 Å². The highest BCUT2D eigenvalue weighted by Crippen LogP contribution is 2.10. The number of hydrogen-bond donors (Lipinski definition) is 1. The van der Waals surface area contributed by atoms with Gasteiger partial charge in [0.05, 0.1) is 0 Å². The Labute approximate surface area is 111 Å². The van der Waals surface area contributed by atoms with Crippen molar-refractivity contribution < 1.29 is 0 Å². The lowest BCUT2D eigenvalue weighted by Crippen LogP contribution is -2.22. The number of nitrogens with zero attached hydrogens (tertiary/aromatic N) is 1. The molecular weight excluding hydrogens is 288 g/mol. The van der Waals surface area contributed by atoms with Crippen LogP contribution >= 0.6 is 27.5 Å². The van der Waals surface area contributed by atoms with Crippen LogP contribution in [0.25, 0.3) is 0 Å². The van der Waals surface area contributed by atoms with E-state index in [-0.39, 0.29) is 0 Å². The predicted octanol–water partition coefficient (Wildman–Crippen LogP) is 3.59. The van der Waals surface area contributed by atoms with Crippen LogP contribution in [-0.4, -0.2) is 17.4 Å². The van der Waals surface area contributed by atoms with Gasteiger partial charge < -0.3 is 5.32 Å². The Kier molecular flexibility index (Phi) is 7.01. The zero-order chi connectivity index (χ0) is 11.8. The van der Waals surface area contributed by atoms with Gasteiger partial charge in [0, 0.05) is 29.3 Å². The molecule has 1 N–H and O–H groups in total. The Morgan fingerprint density at radius 1 is 1.50 bits per heavy atom. The maximum Gasteiger partial charge on any atom is 0.0410 e. The molecule has 90 valence electrons. The van der Waals surface area contributed by atoms with Gasteiger partial charge in [-0.05, 0) is 46.4 Å². The summed E-state index contributed by atoms with van der Waals surface area (Å²) >= 11 is 9.16. The molecule has 1 heterocycles. The lowest BCUT2D eigenvalue weighted by atomic mass is 10.0. The lowest BCUT2D eigenvalue weighted by molar-refractivity contribution is 0.451. The maximum absolute atomic E-state index is 5.75. The number of rotatable bonds is 7. The monoisotopic (exact) mass is 304 g/mol. The second-order valence-electron chi connectivity index (χ2n) is 3.89. The first-order valence-electron chi connectivity index (χ1n) is 5.62. The fourth-order valence-electron chi connectivity index (χ4n) is 1.58. The zero-order valence-corrected chi connectivity index (χ0v) is 11.9. The van der Waals surface area contributed by atoms with E-state index in [0.717, 1.165) is 29.9 Å². The van der Waals surface area contributed by atoms with Crippen LogP contribution in [0.2, 0.25) is 0 Å². The maximum atomic E-state index is 5.75. The van der Waals surface area contributed by atoms with E-state index < -0.39 is 0 Å². The average Bonchev–Trinajstić information content (AvgIpc) is 2.28. The summed E-state index contributed by atoms with van der Waals surface area (Å²) in [6.45, 7) is 4.10. The summed E-state index contributed by atoms with van der Waals surface area (Å²) in [7, 11) is 0. The van der Waals surface area contributed by atoms with Crippen molar-refractivity contribution in [2.24, 2.45) is 5.92 Å². The third kappa shape index (κ3) is 5.28. The summed E-state index contributed by atoms with van der Waals surface area (Å²) in [6.07, 6.45) is 5.95. The van der Waals surface area contributed by atoms with Crippen molar-refractivity contribution in [3.63, 3.8) is 0 Å². The predicted molar refractivity (Wildman–Crippen MR) is 72.8 cm³/mol. The third-order valence-electron chi connectivity index (χ3n) is 2.62. The van der Waals surface area contributed by atoms with Crippen molar-refractivity contribution in [1.82, 2.24) is 10.3 Å². The third-order valence-corrected chi connectivity index (χ3v) is 3.27. The molecule has 4 heteroatoms. The Bertz CT molecular complexity index is 307. The molecule has 0 aliphatic rings. The van der Waals surface area contributed by atoms with Crippen LogP contribution in [0, 0.1) is 5.92 Å². The second-order valence-corrected chi connectivity index (χ2v) is 5.19. The molecule has 1 aromatic rings. The van der Waals surface area contributed by atoms with Crippen LogP contribution < -0.4 is 5.32 Å². The van der Waals surface area contributed by atoms with Gasteiger partial charge in [0.1, 0.15) is 0 Å². The minimum absolute atomic E-state index is 0.678. The van der Waals surface area contributed by atoms with Gasteiger partial charge >= 0.3 is 0 Å². The largest absolute Gasteiger partial charge is 0.312 e. The molecule has 1 rings (SSSR count). The van der Waals surface area contributed by atoms with E-state index in [4.69, 9.17) is 11.6 Å². The van der Waals surface area contributed by atoms with Gasteiger partial charge in [-0.3, -0.25) is 4.98 Å². The topological polar surface area (TPSA) is 24.9 Å². The Morgan fingerprint density at radius 3 is 2.94 bits per heavy atom. The summed E-state index contributed by atoms with van der Waals surface area (Å²) < 4.78 is 1.03. The van der Waals surface area contributed by atoms with Crippen LogP contribution in [0.3, 0.4) is 0 Å². The van der Waals surface area contributed by atoms with Crippen molar-refractivity contribution in [2.45, 2.75) is 26.3 Å². The molecule has 0 radical (unpaired) electrons. The molecule has 0 saturated carbocycles. The molecule has 0 amide bonds. The summed E-state index contributed by atoms with van der Waals surface area (Å²) in [5.74, 6) is 1.43. The molecule has 1 atom stereocenters. The number of nitrogens with one attached hydrogen (secondary N) is 1. The van der Waals surface area contributed by atoms with Crippen molar-refractivity contribution in [2.75, 3.05) is 12.4 Å². The highest BCUT2D eigenvalue weighted by Gasteiger charge is 2.04. The minimum atomic E-state index is 0.678. The van der Waals surface area contributed by atoms with Crippen molar-refractivity contribution >= 4 is 27.5 Å².